The first-order valence-electron chi connectivity index (χ1n) is 8.01. The number of thiophene rings is 1. The van der Waals surface area contributed by atoms with Crippen LogP contribution < -0.4 is 10.1 Å². The van der Waals surface area contributed by atoms with Gasteiger partial charge in [0.15, 0.2) is 0 Å². The number of carbonyl (C=O) groups is 1. The van der Waals surface area contributed by atoms with Crippen LogP contribution in [0.5, 0.6) is 5.75 Å². The van der Waals surface area contributed by atoms with Gasteiger partial charge in [0.05, 0.1) is 16.7 Å². The average Bonchev–Trinajstić information content (AvgIpc) is 2.95. The Balaban J connectivity index is 1.74. The van der Waals surface area contributed by atoms with Crippen LogP contribution in [0.1, 0.15) is 29.4 Å². The predicted octanol–water partition coefficient (Wildman–Crippen LogP) is 6.64. The Morgan fingerprint density at radius 1 is 1.16 bits per heavy atom. The van der Waals surface area contributed by atoms with Gasteiger partial charge in [-0.1, -0.05) is 42.6 Å². The topological polar surface area (TPSA) is 38.3 Å². The van der Waals surface area contributed by atoms with E-state index >= 15 is 0 Å². The molecule has 0 spiro atoms. The molecule has 1 amide bonds. The van der Waals surface area contributed by atoms with Gasteiger partial charge in [-0.15, -0.1) is 11.3 Å². The van der Waals surface area contributed by atoms with E-state index in [0.717, 1.165) is 28.7 Å². The van der Waals surface area contributed by atoms with Gasteiger partial charge in [-0.2, -0.15) is 0 Å². The van der Waals surface area contributed by atoms with Crippen LogP contribution in [-0.4, -0.2) is 12.5 Å². The van der Waals surface area contributed by atoms with E-state index in [4.69, 9.17) is 27.9 Å². The predicted molar refractivity (Wildman–Crippen MR) is 107 cm³/mol. The minimum Gasteiger partial charge on any atom is -0.494 e. The molecule has 130 valence electrons. The van der Waals surface area contributed by atoms with Crippen molar-refractivity contribution in [3.05, 3.63) is 57.4 Å². The van der Waals surface area contributed by atoms with Gasteiger partial charge >= 0.3 is 0 Å². The molecule has 0 saturated heterocycles. The number of hydrogen-bond acceptors (Lipinski definition) is 3. The SMILES string of the molecule is CCCCOc1ccc(NC(=O)c2sc3cccc(Cl)c3c2Cl)cc1. The maximum atomic E-state index is 12.6. The van der Waals surface area contributed by atoms with E-state index in [9.17, 15) is 4.79 Å². The molecule has 1 heterocycles. The van der Waals surface area contributed by atoms with Crippen LogP contribution >= 0.6 is 34.5 Å². The molecule has 0 aliphatic heterocycles. The van der Waals surface area contributed by atoms with Crippen LogP contribution in [-0.2, 0) is 0 Å². The van der Waals surface area contributed by atoms with E-state index in [2.05, 4.69) is 12.2 Å². The molecule has 0 bridgehead atoms. The summed E-state index contributed by atoms with van der Waals surface area (Å²) in [5.41, 5.74) is 0.687. The highest BCUT2D eigenvalue weighted by Gasteiger charge is 2.19. The van der Waals surface area contributed by atoms with Gasteiger partial charge < -0.3 is 10.1 Å². The summed E-state index contributed by atoms with van der Waals surface area (Å²) in [5.74, 6) is 0.542. The number of carbonyl (C=O) groups excluding carboxylic acids is 1. The number of hydrogen-bond donors (Lipinski definition) is 1. The van der Waals surface area contributed by atoms with E-state index in [1.165, 1.54) is 11.3 Å². The Bertz CT molecular complexity index is 890. The fraction of sp³-hybridized carbons (Fsp3) is 0.211. The molecule has 0 aliphatic carbocycles. The van der Waals surface area contributed by atoms with Crippen molar-refractivity contribution in [3.63, 3.8) is 0 Å². The Hall–Kier alpha value is -1.75. The maximum absolute atomic E-state index is 12.6. The minimum absolute atomic E-state index is 0.248. The van der Waals surface area contributed by atoms with Gasteiger partial charge in [-0.25, -0.2) is 0 Å². The molecule has 3 aromatic rings. The molecule has 3 rings (SSSR count). The number of unbranched alkanes of at least 4 members (excludes halogenated alkanes) is 1. The van der Waals surface area contributed by atoms with Crippen LogP contribution in [0.2, 0.25) is 10.0 Å². The molecule has 0 unspecified atom stereocenters. The highest BCUT2D eigenvalue weighted by Crippen LogP contribution is 2.39. The summed E-state index contributed by atoms with van der Waals surface area (Å²) in [4.78, 5) is 13.0. The van der Waals surface area contributed by atoms with Crippen molar-refractivity contribution in [2.75, 3.05) is 11.9 Å². The zero-order valence-corrected chi connectivity index (χ0v) is 16.0. The summed E-state index contributed by atoms with van der Waals surface area (Å²) in [6.45, 7) is 2.81. The smallest absolute Gasteiger partial charge is 0.267 e. The highest BCUT2D eigenvalue weighted by molar-refractivity contribution is 7.21. The summed E-state index contributed by atoms with van der Waals surface area (Å²) in [7, 11) is 0. The van der Waals surface area contributed by atoms with Crippen molar-refractivity contribution in [2.24, 2.45) is 0 Å². The number of anilines is 1. The number of nitrogens with one attached hydrogen (secondary N) is 1. The largest absolute Gasteiger partial charge is 0.494 e. The maximum Gasteiger partial charge on any atom is 0.267 e. The highest BCUT2D eigenvalue weighted by atomic mass is 35.5. The van der Waals surface area contributed by atoms with E-state index in [1.807, 2.05) is 36.4 Å². The fourth-order valence-electron chi connectivity index (χ4n) is 2.37. The second kappa shape index (κ2) is 8.09. The quantitative estimate of drug-likeness (QED) is 0.476. The summed E-state index contributed by atoms with van der Waals surface area (Å²) in [6.07, 6.45) is 2.11. The number of ether oxygens (including phenoxy) is 1. The molecular weight excluding hydrogens is 377 g/mol. The lowest BCUT2D eigenvalue weighted by Crippen LogP contribution is -2.10. The number of halogens is 2. The van der Waals surface area contributed by atoms with Crippen LogP contribution in [0.4, 0.5) is 5.69 Å². The molecule has 1 N–H and O–H groups in total. The van der Waals surface area contributed by atoms with Crippen molar-refractivity contribution in [2.45, 2.75) is 19.8 Å². The van der Waals surface area contributed by atoms with Crippen LogP contribution in [0.15, 0.2) is 42.5 Å². The standard InChI is InChI=1S/C19H17Cl2NO2S/c1-2-3-11-24-13-9-7-12(8-10-13)22-19(23)18-17(21)16-14(20)5-4-6-15(16)25-18/h4-10H,2-3,11H2,1H3,(H,22,23). The minimum atomic E-state index is -0.248. The second-order valence-corrected chi connectivity index (χ2v) is 7.38. The number of fused-ring (bicyclic) bond motifs is 1. The first kappa shape index (κ1) is 18.1. The lowest BCUT2D eigenvalue weighted by molar-refractivity contribution is 0.103. The molecule has 1 aromatic heterocycles. The molecule has 0 atom stereocenters. The summed E-state index contributed by atoms with van der Waals surface area (Å²) in [6, 6.07) is 12.8. The third kappa shape index (κ3) is 4.09. The summed E-state index contributed by atoms with van der Waals surface area (Å²) in [5, 5.41) is 4.52. The molecule has 2 aromatic carbocycles. The van der Waals surface area contributed by atoms with Gasteiger partial charge in [0.1, 0.15) is 10.6 Å². The van der Waals surface area contributed by atoms with Crippen molar-refractivity contribution < 1.29 is 9.53 Å². The molecule has 25 heavy (non-hydrogen) atoms. The van der Waals surface area contributed by atoms with Crippen molar-refractivity contribution in [1.29, 1.82) is 0 Å². The first-order chi connectivity index (χ1) is 12.1. The van der Waals surface area contributed by atoms with Crippen LogP contribution in [0, 0.1) is 0 Å². The number of amides is 1. The Morgan fingerprint density at radius 3 is 2.60 bits per heavy atom. The molecule has 0 radical (unpaired) electrons. The van der Waals surface area contributed by atoms with Gasteiger partial charge in [0, 0.05) is 15.8 Å². The molecular formula is C19H17Cl2NO2S. The molecule has 3 nitrogen and oxygen atoms in total. The monoisotopic (exact) mass is 393 g/mol. The van der Waals surface area contributed by atoms with Crippen molar-refractivity contribution >= 4 is 56.2 Å². The van der Waals surface area contributed by atoms with Gasteiger partial charge in [0.25, 0.3) is 5.91 Å². The van der Waals surface area contributed by atoms with E-state index in [0.29, 0.717) is 27.2 Å². The zero-order valence-electron chi connectivity index (χ0n) is 13.6. The second-order valence-electron chi connectivity index (χ2n) is 5.54. The zero-order chi connectivity index (χ0) is 17.8. The van der Waals surface area contributed by atoms with Gasteiger partial charge in [-0.3, -0.25) is 4.79 Å². The van der Waals surface area contributed by atoms with Gasteiger partial charge in [0.2, 0.25) is 0 Å². The molecule has 0 fully saturated rings. The van der Waals surface area contributed by atoms with E-state index in [-0.39, 0.29) is 5.91 Å². The van der Waals surface area contributed by atoms with Gasteiger partial charge in [-0.05, 0) is 42.8 Å². The Kier molecular flexibility index (Phi) is 5.84. The Labute approximate surface area is 160 Å². The van der Waals surface area contributed by atoms with Crippen molar-refractivity contribution in [3.8, 4) is 5.75 Å². The number of benzene rings is 2. The molecule has 6 heteroatoms. The normalized spacial score (nSPS) is 10.8. The van der Waals surface area contributed by atoms with E-state index in [1.54, 1.807) is 6.07 Å². The average molecular weight is 394 g/mol. The van der Waals surface area contributed by atoms with E-state index < -0.39 is 0 Å². The lowest BCUT2D eigenvalue weighted by atomic mass is 10.2. The molecule has 0 saturated carbocycles. The third-order valence-electron chi connectivity index (χ3n) is 3.69. The van der Waals surface area contributed by atoms with Crippen LogP contribution in [0.3, 0.4) is 0 Å². The lowest BCUT2D eigenvalue weighted by Gasteiger charge is -2.07. The molecule has 0 aliphatic rings. The Morgan fingerprint density at radius 2 is 1.92 bits per heavy atom. The third-order valence-corrected chi connectivity index (χ3v) is 5.65. The van der Waals surface area contributed by atoms with Crippen LogP contribution in [0.25, 0.3) is 10.1 Å². The first-order valence-corrected chi connectivity index (χ1v) is 9.58. The fourth-order valence-corrected chi connectivity index (χ4v) is 4.22. The van der Waals surface area contributed by atoms with Crippen molar-refractivity contribution in [1.82, 2.24) is 0 Å². The number of rotatable bonds is 6. The summed E-state index contributed by atoms with van der Waals surface area (Å²) < 4.78 is 6.51. The summed E-state index contributed by atoms with van der Waals surface area (Å²) >= 11 is 13.9.